The van der Waals surface area contributed by atoms with E-state index in [9.17, 15) is 12.9 Å². The first-order chi connectivity index (χ1) is 7.93. The van der Waals surface area contributed by atoms with Crippen molar-refractivity contribution in [2.24, 2.45) is 0 Å². The predicted molar refractivity (Wildman–Crippen MR) is 61.7 cm³/mol. The van der Waals surface area contributed by atoms with Gasteiger partial charge in [0.25, 0.3) is 0 Å². The molecule has 0 aliphatic carbocycles. The van der Waals surface area contributed by atoms with Crippen molar-refractivity contribution < 1.29 is 73.8 Å². The van der Waals surface area contributed by atoms with Crippen LogP contribution >= 0.6 is 0 Å². The Labute approximate surface area is 148 Å². The van der Waals surface area contributed by atoms with Crippen LogP contribution in [-0.4, -0.2) is 26.8 Å². The van der Waals surface area contributed by atoms with Gasteiger partial charge >= 0.3 is 58.4 Å². The van der Waals surface area contributed by atoms with E-state index in [0.717, 1.165) is 12.1 Å². The zero-order chi connectivity index (χ0) is 12.9. The molecule has 96 valence electrons. The molecular weight excluding hydrogens is 271 g/mol. The van der Waals surface area contributed by atoms with Crippen molar-refractivity contribution in [2.45, 2.75) is 19.4 Å². The molecule has 0 saturated heterocycles. The smallest absolute Gasteiger partial charge is 0.491 e. The van der Waals surface area contributed by atoms with Crippen molar-refractivity contribution in [3.8, 4) is 5.75 Å². The minimum absolute atomic E-state index is 0. The van der Waals surface area contributed by atoms with E-state index in [0.29, 0.717) is 13.0 Å². The molecule has 7 heteroatoms. The molecule has 0 saturated carbocycles. The average Bonchev–Trinajstić information content (AvgIpc) is 2.25. The second-order valence-electron chi connectivity index (χ2n) is 3.86. The first-order valence-electron chi connectivity index (χ1n) is 5.39. The van der Waals surface area contributed by atoms with E-state index in [-0.39, 0.29) is 63.2 Å². The minimum atomic E-state index is -4.97. The molecule has 1 rings (SSSR count). The molecule has 0 heterocycles. The van der Waals surface area contributed by atoms with Gasteiger partial charge < -0.3 is 22.4 Å². The van der Waals surface area contributed by atoms with Crippen LogP contribution in [0.4, 0.5) is 12.9 Å². The summed E-state index contributed by atoms with van der Waals surface area (Å²) in [6, 6.07) is 4.95. The van der Waals surface area contributed by atoms with Crippen molar-refractivity contribution in [3.05, 3.63) is 24.3 Å². The molecule has 0 aromatic heterocycles. The quantitative estimate of drug-likeness (QED) is 0.660. The van der Waals surface area contributed by atoms with E-state index >= 15 is 0 Å². The Bertz CT molecular complexity index is 360. The van der Waals surface area contributed by atoms with Gasteiger partial charge in [-0.3, -0.25) is 0 Å². The SMILES string of the molecule is COCCC(C)Oc1cccc([B-](F)(F)F)c1.[K+]. The van der Waals surface area contributed by atoms with Crippen molar-refractivity contribution in [3.63, 3.8) is 0 Å². The van der Waals surface area contributed by atoms with Crippen LogP contribution in [0.3, 0.4) is 0 Å². The number of hydrogen-bond donors (Lipinski definition) is 0. The van der Waals surface area contributed by atoms with Crippen LogP contribution in [-0.2, 0) is 4.74 Å². The van der Waals surface area contributed by atoms with Gasteiger partial charge in [0.15, 0.2) is 0 Å². The first kappa shape index (κ1) is 18.5. The van der Waals surface area contributed by atoms with Crippen molar-refractivity contribution in [1.82, 2.24) is 0 Å². The molecular formula is C11H15BF3KO2. The molecule has 1 atom stereocenters. The average molecular weight is 286 g/mol. The summed E-state index contributed by atoms with van der Waals surface area (Å²) in [6.45, 7) is -2.66. The fourth-order valence-electron chi connectivity index (χ4n) is 1.37. The van der Waals surface area contributed by atoms with Gasteiger partial charge in [-0.25, -0.2) is 0 Å². The van der Waals surface area contributed by atoms with E-state index in [1.165, 1.54) is 12.1 Å². The van der Waals surface area contributed by atoms with Crippen LogP contribution in [0.5, 0.6) is 5.75 Å². The van der Waals surface area contributed by atoms with Gasteiger partial charge in [0.2, 0.25) is 0 Å². The van der Waals surface area contributed by atoms with Gasteiger partial charge in [0.1, 0.15) is 5.75 Å². The Balaban J connectivity index is 0.00000289. The van der Waals surface area contributed by atoms with Gasteiger partial charge in [0.05, 0.1) is 6.10 Å². The maximum absolute atomic E-state index is 12.5. The van der Waals surface area contributed by atoms with E-state index < -0.39 is 12.4 Å². The molecule has 0 spiro atoms. The van der Waals surface area contributed by atoms with Gasteiger partial charge in [-0.2, -0.15) is 0 Å². The second kappa shape index (κ2) is 8.60. The summed E-state index contributed by atoms with van der Waals surface area (Å²) < 4.78 is 47.7. The Morgan fingerprint density at radius 2 is 1.94 bits per heavy atom. The Morgan fingerprint density at radius 3 is 2.50 bits per heavy atom. The summed E-state index contributed by atoms with van der Waals surface area (Å²) >= 11 is 0. The predicted octanol–water partition coefficient (Wildman–Crippen LogP) is -0.451. The number of rotatable bonds is 6. The number of ether oxygens (including phenoxy) is 2. The second-order valence-corrected chi connectivity index (χ2v) is 3.86. The molecule has 0 aliphatic heterocycles. The van der Waals surface area contributed by atoms with Crippen LogP contribution in [0.15, 0.2) is 24.3 Å². The zero-order valence-electron chi connectivity index (χ0n) is 10.8. The topological polar surface area (TPSA) is 18.5 Å². The molecule has 0 N–H and O–H groups in total. The van der Waals surface area contributed by atoms with Crippen molar-refractivity contribution in [1.29, 1.82) is 0 Å². The summed E-state index contributed by atoms with van der Waals surface area (Å²) in [5.74, 6) is 0.241. The minimum Gasteiger partial charge on any atom is -0.491 e. The van der Waals surface area contributed by atoms with Gasteiger partial charge in [0, 0.05) is 20.1 Å². The third-order valence-electron chi connectivity index (χ3n) is 2.30. The monoisotopic (exact) mass is 286 g/mol. The molecule has 0 radical (unpaired) electrons. The molecule has 2 nitrogen and oxygen atoms in total. The molecule has 18 heavy (non-hydrogen) atoms. The molecule has 0 bridgehead atoms. The Hall–Kier alpha value is 0.471. The number of hydrogen-bond acceptors (Lipinski definition) is 2. The van der Waals surface area contributed by atoms with Crippen LogP contribution < -0.4 is 61.6 Å². The summed E-state index contributed by atoms with van der Waals surface area (Å²) in [7, 11) is 1.57. The molecule has 0 amide bonds. The largest absolute Gasteiger partial charge is 1.00 e. The Morgan fingerprint density at radius 1 is 1.28 bits per heavy atom. The van der Waals surface area contributed by atoms with Crippen LogP contribution in [0, 0.1) is 0 Å². The summed E-state index contributed by atoms with van der Waals surface area (Å²) in [6.07, 6.45) is 0.462. The van der Waals surface area contributed by atoms with Crippen molar-refractivity contribution >= 4 is 12.4 Å². The van der Waals surface area contributed by atoms with E-state index in [4.69, 9.17) is 9.47 Å². The van der Waals surface area contributed by atoms with E-state index in [2.05, 4.69) is 0 Å². The van der Waals surface area contributed by atoms with Gasteiger partial charge in [-0.15, -0.1) is 5.46 Å². The first-order valence-corrected chi connectivity index (χ1v) is 5.39. The number of halogens is 3. The molecule has 0 fully saturated rings. The summed E-state index contributed by atoms with van der Waals surface area (Å²) in [5.41, 5.74) is -0.638. The van der Waals surface area contributed by atoms with Crippen LogP contribution in [0.1, 0.15) is 13.3 Å². The molecule has 1 unspecified atom stereocenters. The molecule has 0 aliphatic rings. The zero-order valence-corrected chi connectivity index (χ0v) is 14.0. The summed E-state index contributed by atoms with van der Waals surface area (Å²) in [5, 5.41) is 0. The number of methoxy groups -OCH3 is 1. The van der Waals surface area contributed by atoms with Crippen molar-refractivity contribution in [2.75, 3.05) is 13.7 Å². The number of benzene rings is 1. The van der Waals surface area contributed by atoms with Gasteiger partial charge in [-0.1, -0.05) is 12.1 Å². The molecule has 1 aromatic carbocycles. The third-order valence-corrected chi connectivity index (χ3v) is 2.30. The van der Waals surface area contributed by atoms with Crippen LogP contribution in [0.2, 0.25) is 0 Å². The third kappa shape index (κ3) is 6.58. The Kier molecular flexibility index (Phi) is 8.83. The van der Waals surface area contributed by atoms with Gasteiger partial charge in [-0.05, 0) is 19.1 Å². The molecule has 1 aromatic rings. The fraction of sp³-hybridized carbons (Fsp3) is 0.455. The maximum atomic E-state index is 12.5. The standard InChI is InChI=1S/C11H15BF3O2.K/c1-9(6-7-16-2)17-11-5-3-4-10(8-11)12(13,14)15;/h3-5,8-9H,6-7H2,1-2H3;/q-1;+1. The maximum Gasteiger partial charge on any atom is 1.00 e. The fourth-order valence-corrected chi connectivity index (χ4v) is 1.37. The normalized spacial score (nSPS) is 12.7. The summed E-state index contributed by atoms with van der Waals surface area (Å²) in [4.78, 5) is 0. The van der Waals surface area contributed by atoms with Crippen LogP contribution in [0.25, 0.3) is 0 Å². The van der Waals surface area contributed by atoms with E-state index in [1.807, 2.05) is 0 Å². The van der Waals surface area contributed by atoms with E-state index in [1.54, 1.807) is 14.0 Å².